The number of nitrogens with zero attached hydrogens (tertiary/aromatic N) is 2. The van der Waals surface area contributed by atoms with E-state index in [1.54, 1.807) is 0 Å². The highest BCUT2D eigenvalue weighted by Crippen LogP contribution is 2.42. The van der Waals surface area contributed by atoms with Crippen LogP contribution in [0.4, 0.5) is 0 Å². The van der Waals surface area contributed by atoms with Gasteiger partial charge in [0.25, 0.3) is 0 Å². The molecule has 1 N–H and O–H groups in total. The molecule has 0 bridgehead atoms. The van der Waals surface area contributed by atoms with Crippen molar-refractivity contribution in [3.05, 3.63) is 0 Å². The van der Waals surface area contributed by atoms with Crippen LogP contribution in [0.1, 0.15) is 51.9 Å². The molecule has 2 amide bonds. The fourth-order valence-electron chi connectivity index (χ4n) is 4.53. The van der Waals surface area contributed by atoms with Gasteiger partial charge in [0.2, 0.25) is 11.8 Å². The number of piperidine rings is 3. The molecule has 0 saturated carbocycles. The lowest BCUT2D eigenvalue weighted by Crippen LogP contribution is -2.51. The number of imide groups is 1. The number of nitrogens with one attached hydrogen (secondary N) is 1. The Balaban J connectivity index is 1.46. The number of hydrogen-bond acceptors (Lipinski definition) is 4. The molecule has 130 valence electrons. The molecule has 3 aliphatic rings. The Morgan fingerprint density at radius 3 is 2.26 bits per heavy atom. The van der Waals surface area contributed by atoms with Crippen LogP contribution >= 0.6 is 0 Å². The third-order valence-corrected chi connectivity index (χ3v) is 6.20. The predicted octanol–water partition coefficient (Wildman–Crippen LogP) is 1.63. The summed E-state index contributed by atoms with van der Waals surface area (Å²) < 4.78 is 0. The Bertz CT molecular complexity index is 418. The normalized spacial score (nSPS) is 26.9. The lowest BCUT2D eigenvalue weighted by atomic mass is 9.70. The van der Waals surface area contributed by atoms with Crippen LogP contribution in [-0.4, -0.2) is 60.9 Å². The monoisotopic (exact) mass is 321 g/mol. The summed E-state index contributed by atoms with van der Waals surface area (Å²) in [6.45, 7) is 8.05. The zero-order valence-electron chi connectivity index (χ0n) is 14.5. The van der Waals surface area contributed by atoms with Crippen LogP contribution in [0.15, 0.2) is 0 Å². The van der Waals surface area contributed by atoms with E-state index >= 15 is 0 Å². The van der Waals surface area contributed by atoms with E-state index in [9.17, 15) is 9.59 Å². The second kappa shape index (κ2) is 7.31. The molecule has 3 saturated heterocycles. The Kier molecular flexibility index (Phi) is 5.37. The Morgan fingerprint density at radius 2 is 1.70 bits per heavy atom. The summed E-state index contributed by atoms with van der Waals surface area (Å²) in [5.74, 6) is 0.974. The van der Waals surface area contributed by atoms with Crippen LogP contribution in [0.25, 0.3) is 0 Å². The molecule has 3 heterocycles. The number of hydrogen-bond donors (Lipinski definition) is 1. The lowest BCUT2D eigenvalue weighted by molar-refractivity contribution is -0.154. The van der Waals surface area contributed by atoms with Crippen molar-refractivity contribution in [3.8, 4) is 0 Å². The molecule has 0 aromatic carbocycles. The fraction of sp³-hybridized carbons (Fsp3) is 0.889. The van der Waals surface area contributed by atoms with Crippen LogP contribution in [0, 0.1) is 11.3 Å². The van der Waals surface area contributed by atoms with Gasteiger partial charge < -0.3 is 10.2 Å². The van der Waals surface area contributed by atoms with Crippen molar-refractivity contribution in [2.75, 3.05) is 39.3 Å². The summed E-state index contributed by atoms with van der Waals surface area (Å²) in [5.41, 5.74) is -0.0366. The van der Waals surface area contributed by atoms with Crippen molar-refractivity contribution in [2.45, 2.75) is 51.9 Å². The van der Waals surface area contributed by atoms with Crippen LogP contribution in [0.3, 0.4) is 0 Å². The van der Waals surface area contributed by atoms with Crippen molar-refractivity contribution in [1.29, 1.82) is 0 Å². The van der Waals surface area contributed by atoms with Crippen molar-refractivity contribution in [1.82, 2.24) is 15.1 Å². The van der Waals surface area contributed by atoms with E-state index in [-0.39, 0.29) is 17.2 Å². The van der Waals surface area contributed by atoms with Gasteiger partial charge in [0.15, 0.2) is 0 Å². The van der Waals surface area contributed by atoms with E-state index in [4.69, 9.17) is 0 Å². The van der Waals surface area contributed by atoms with Gasteiger partial charge in [-0.2, -0.15) is 0 Å². The number of rotatable bonds is 4. The van der Waals surface area contributed by atoms with Crippen molar-refractivity contribution >= 4 is 11.8 Å². The van der Waals surface area contributed by atoms with Crippen LogP contribution in [-0.2, 0) is 9.59 Å². The molecule has 23 heavy (non-hydrogen) atoms. The molecule has 1 spiro atoms. The van der Waals surface area contributed by atoms with Crippen LogP contribution in [0.5, 0.6) is 0 Å². The molecule has 3 aliphatic heterocycles. The van der Waals surface area contributed by atoms with Gasteiger partial charge in [-0.05, 0) is 83.1 Å². The smallest absolute Gasteiger partial charge is 0.229 e. The first-order valence-corrected chi connectivity index (χ1v) is 9.38. The fourth-order valence-corrected chi connectivity index (χ4v) is 4.53. The maximum absolute atomic E-state index is 12.2. The lowest BCUT2D eigenvalue weighted by Gasteiger charge is -2.45. The van der Waals surface area contributed by atoms with Crippen LogP contribution in [0.2, 0.25) is 0 Å². The molecule has 0 radical (unpaired) electrons. The minimum Gasteiger partial charge on any atom is -0.317 e. The first kappa shape index (κ1) is 16.9. The third kappa shape index (κ3) is 3.94. The Hall–Kier alpha value is -0.940. The molecular formula is C18H31N3O2. The maximum atomic E-state index is 12.2. The van der Waals surface area contributed by atoms with Gasteiger partial charge in [-0.3, -0.25) is 14.5 Å². The molecule has 0 aromatic rings. The predicted molar refractivity (Wildman–Crippen MR) is 89.9 cm³/mol. The summed E-state index contributed by atoms with van der Waals surface area (Å²) in [4.78, 5) is 28.4. The molecule has 0 unspecified atom stereocenters. The van der Waals surface area contributed by atoms with Gasteiger partial charge in [-0.1, -0.05) is 0 Å². The van der Waals surface area contributed by atoms with E-state index in [0.29, 0.717) is 19.4 Å². The average molecular weight is 321 g/mol. The Morgan fingerprint density at radius 1 is 1.09 bits per heavy atom. The maximum Gasteiger partial charge on any atom is 0.229 e. The zero-order valence-corrected chi connectivity index (χ0v) is 14.5. The van der Waals surface area contributed by atoms with Gasteiger partial charge in [-0.25, -0.2) is 0 Å². The molecule has 5 nitrogen and oxygen atoms in total. The molecule has 0 aliphatic carbocycles. The Labute approximate surface area is 139 Å². The summed E-state index contributed by atoms with van der Waals surface area (Å²) in [5, 5.41) is 3.43. The highest BCUT2D eigenvalue weighted by molar-refractivity contribution is 5.98. The topological polar surface area (TPSA) is 52.7 Å². The summed E-state index contributed by atoms with van der Waals surface area (Å²) in [7, 11) is 0. The van der Waals surface area contributed by atoms with Gasteiger partial charge in [-0.15, -0.1) is 0 Å². The van der Waals surface area contributed by atoms with Crippen molar-refractivity contribution < 1.29 is 9.59 Å². The summed E-state index contributed by atoms with van der Waals surface area (Å²) >= 11 is 0. The van der Waals surface area contributed by atoms with E-state index in [1.807, 2.05) is 6.92 Å². The minimum atomic E-state index is -0.0366. The first-order chi connectivity index (χ1) is 11.1. The number of carbonyl (C=O) groups excluding carboxylic acids is 2. The van der Waals surface area contributed by atoms with Gasteiger partial charge in [0, 0.05) is 19.4 Å². The van der Waals surface area contributed by atoms with Gasteiger partial charge >= 0.3 is 0 Å². The quantitative estimate of drug-likeness (QED) is 0.800. The molecule has 3 rings (SSSR count). The molecule has 5 heteroatoms. The van der Waals surface area contributed by atoms with Crippen LogP contribution < -0.4 is 5.32 Å². The van der Waals surface area contributed by atoms with Crippen molar-refractivity contribution in [2.24, 2.45) is 11.3 Å². The SMILES string of the molecule is CCN1C(=O)CC2(CCN(CCC3CCNCC3)CC2)CC1=O. The molecule has 0 aromatic heterocycles. The van der Waals surface area contributed by atoms with Gasteiger partial charge in [0.05, 0.1) is 0 Å². The summed E-state index contributed by atoms with van der Waals surface area (Å²) in [6.07, 6.45) is 7.10. The summed E-state index contributed by atoms with van der Waals surface area (Å²) in [6, 6.07) is 0. The van der Waals surface area contributed by atoms with E-state index in [0.717, 1.165) is 31.8 Å². The van der Waals surface area contributed by atoms with E-state index in [1.165, 1.54) is 43.8 Å². The standard InChI is InChI=1S/C18H31N3O2/c1-2-21-16(22)13-18(14-17(21)23)6-11-20(12-7-18)10-5-15-3-8-19-9-4-15/h15,19H,2-14H2,1H3. The third-order valence-electron chi connectivity index (χ3n) is 6.20. The van der Waals surface area contributed by atoms with E-state index in [2.05, 4.69) is 10.2 Å². The molecule has 0 atom stereocenters. The highest BCUT2D eigenvalue weighted by atomic mass is 16.2. The number of amides is 2. The second-order valence-corrected chi connectivity index (χ2v) is 7.71. The molecular weight excluding hydrogens is 290 g/mol. The van der Waals surface area contributed by atoms with E-state index < -0.39 is 0 Å². The highest BCUT2D eigenvalue weighted by Gasteiger charge is 2.44. The average Bonchev–Trinajstić information content (AvgIpc) is 2.55. The first-order valence-electron chi connectivity index (χ1n) is 9.38. The van der Waals surface area contributed by atoms with Gasteiger partial charge in [0.1, 0.15) is 0 Å². The van der Waals surface area contributed by atoms with Crippen molar-refractivity contribution in [3.63, 3.8) is 0 Å². The number of carbonyl (C=O) groups is 2. The largest absolute Gasteiger partial charge is 0.317 e. The second-order valence-electron chi connectivity index (χ2n) is 7.71. The zero-order chi connectivity index (χ0) is 16.3. The molecule has 3 fully saturated rings. The number of likely N-dealkylation sites (tertiary alicyclic amines) is 2. The minimum absolute atomic E-state index is 0.0366.